The molecule has 0 spiro atoms. The average Bonchev–Trinajstić information content (AvgIpc) is 3.20. The van der Waals surface area contributed by atoms with Crippen molar-refractivity contribution in [2.24, 2.45) is 0 Å². The number of carbonyl (C=O) groups is 1. The maximum absolute atomic E-state index is 12.9. The molecule has 0 aliphatic carbocycles. The van der Waals surface area contributed by atoms with Crippen molar-refractivity contribution in [2.75, 3.05) is 40.9 Å². The number of nitrogens with one attached hydrogen (secondary N) is 1. The minimum absolute atomic E-state index is 0.00443. The lowest BCUT2D eigenvalue weighted by Gasteiger charge is -2.29. The average molecular weight is 869 g/mol. The Hall–Kier alpha value is -1.02. The van der Waals surface area contributed by atoms with Crippen molar-refractivity contribution in [1.29, 1.82) is 0 Å². The third kappa shape index (κ3) is 45.0. The summed E-state index contributed by atoms with van der Waals surface area (Å²) in [5.41, 5.74) is 0. The van der Waals surface area contributed by atoms with Crippen LogP contribution in [0.4, 0.5) is 0 Å². The molecule has 0 aromatic heterocycles. The Morgan fingerprint density at radius 3 is 1.35 bits per heavy atom. The molecule has 9 heteroatoms. The summed E-state index contributed by atoms with van der Waals surface area (Å²) < 4.78 is 23.2. The Morgan fingerprint density at radius 2 is 0.933 bits per heavy atom. The van der Waals surface area contributed by atoms with E-state index >= 15 is 0 Å². The van der Waals surface area contributed by atoms with E-state index in [1.165, 1.54) is 186 Å². The molecule has 2 N–H and O–H groups in total. The number of allylic oxidation sites excluding steroid dienone is 3. The van der Waals surface area contributed by atoms with E-state index in [9.17, 15) is 19.4 Å². The summed E-state index contributed by atoms with van der Waals surface area (Å²) in [7, 11) is 1.25. The number of quaternary nitrogens is 1. The number of hydrogen-bond acceptors (Lipinski definition) is 6. The van der Waals surface area contributed by atoms with E-state index < -0.39 is 20.0 Å². The molecule has 3 atom stereocenters. The first kappa shape index (κ1) is 59.0. The monoisotopic (exact) mass is 869 g/mol. The number of likely N-dealkylation sites (N-methyl/N-ethyl adjacent to an activating group) is 1. The molecule has 1 amide bonds. The molecule has 60 heavy (non-hydrogen) atoms. The second kappa shape index (κ2) is 43.2. The third-order valence-corrected chi connectivity index (χ3v) is 12.6. The van der Waals surface area contributed by atoms with Crippen molar-refractivity contribution in [2.45, 2.75) is 257 Å². The van der Waals surface area contributed by atoms with Crippen LogP contribution in [-0.4, -0.2) is 68.5 Å². The Labute approximate surface area is 373 Å². The van der Waals surface area contributed by atoms with Gasteiger partial charge in [-0.25, -0.2) is 0 Å². The molecule has 0 fully saturated rings. The third-order valence-electron chi connectivity index (χ3n) is 11.7. The second-order valence-corrected chi connectivity index (χ2v) is 20.3. The fourth-order valence-electron chi connectivity index (χ4n) is 7.58. The molecule has 0 heterocycles. The van der Waals surface area contributed by atoms with Gasteiger partial charge in [-0.2, -0.15) is 0 Å². The normalized spacial score (nSPS) is 14.3. The SMILES string of the molecule is CCCCCC/C=C/CC/C=C/C(O)C(COP(=O)([O-])OCC[N+](C)(C)C)NC(=O)CCCCCCCCCCCCCCCCCCCCCCCCCCCCCC. The molecule has 8 nitrogen and oxygen atoms in total. The zero-order chi connectivity index (χ0) is 44.3. The molecular weight excluding hydrogens is 768 g/mol. The molecule has 0 rings (SSSR count). The van der Waals surface area contributed by atoms with Gasteiger partial charge >= 0.3 is 0 Å². The van der Waals surface area contributed by atoms with Crippen LogP contribution in [0.15, 0.2) is 24.3 Å². The maximum atomic E-state index is 12.9. The van der Waals surface area contributed by atoms with Crippen molar-refractivity contribution in [3.63, 3.8) is 0 Å². The fraction of sp³-hybridized carbons (Fsp3) is 0.902. The van der Waals surface area contributed by atoms with Crippen LogP contribution in [0.3, 0.4) is 0 Å². The summed E-state index contributed by atoms with van der Waals surface area (Å²) in [6.07, 6.45) is 52.7. The molecule has 0 aromatic carbocycles. The zero-order valence-corrected chi connectivity index (χ0v) is 41.3. The number of phosphoric acid groups is 1. The summed E-state index contributed by atoms with van der Waals surface area (Å²) in [4.78, 5) is 25.3. The van der Waals surface area contributed by atoms with Gasteiger partial charge in [0.2, 0.25) is 5.91 Å². The summed E-state index contributed by atoms with van der Waals surface area (Å²) in [5.74, 6) is -0.205. The van der Waals surface area contributed by atoms with Crippen LogP contribution >= 0.6 is 7.82 Å². The second-order valence-electron chi connectivity index (χ2n) is 18.9. The highest BCUT2D eigenvalue weighted by Gasteiger charge is 2.23. The molecule has 0 aliphatic rings. The fourth-order valence-corrected chi connectivity index (χ4v) is 8.30. The number of phosphoric ester groups is 1. The van der Waals surface area contributed by atoms with Crippen molar-refractivity contribution < 1.29 is 32.9 Å². The molecule has 0 saturated carbocycles. The van der Waals surface area contributed by atoms with Gasteiger partial charge in [-0.3, -0.25) is 9.36 Å². The molecule has 0 bridgehead atoms. The predicted molar refractivity (Wildman–Crippen MR) is 256 cm³/mol. The molecular formula is C51H101N2O6P. The number of unbranched alkanes of at least 4 members (excludes halogenated alkanes) is 32. The Morgan fingerprint density at radius 1 is 0.567 bits per heavy atom. The Balaban J connectivity index is 4.04. The van der Waals surface area contributed by atoms with Crippen LogP contribution in [-0.2, 0) is 18.4 Å². The lowest BCUT2D eigenvalue weighted by molar-refractivity contribution is -0.870. The molecule has 0 radical (unpaired) electrons. The number of hydrogen-bond donors (Lipinski definition) is 2. The highest BCUT2D eigenvalue weighted by Crippen LogP contribution is 2.38. The van der Waals surface area contributed by atoms with Crippen molar-refractivity contribution in [1.82, 2.24) is 5.32 Å². The van der Waals surface area contributed by atoms with Gasteiger partial charge in [0, 0.05) is 6.42 Å². The van der Waals surface area contributed by atoms with E-state index in [-0.39, 0.29) is 19.1 Å². The maximum Gasteiger partial charge on any atom is 0.268 e. The van der Waals surface area contributed by atoms with Gasteiger partial charge in [0.15, 0.2) is 0 Å². The summed E-state index contributed by atoms with van der Waals surface area (Å²) in [6.45, 7) is 4.61. The van der Waals surface area contributed by atoms with Crippen molar-refractivity contribution in [3.8, 4) is 0 Å². The van der Waals surface area contributed by atoms with Crippen molar-refractivity contribution in [3.05, 3.63) is 24.3 Å². The minimum atomic E-state index is -4.59. The summed E-state index contributed by atoms with van der Waals surface area (Å²) in [6, 6.07) is -0.897. The Bertz CT molecular complexity index is 1030. The van der Waals surface area contributed by atoms with E-state index in [2.05, 4.69) is 31.3 Å². The zero-order valence-electron chi connectivity index (χ0n) is 40.4. The van der Waals surface area contributed by atoms with E-state index in [4.69, 9.17) is 9.05 Å². The van der Waals surface area contributed by atoms with Crippen molar-refractivity contribution >= 4 is 13.7 Å². The first-order valence-corrected chi connectivity index (χ1v) is 27.2. The van der Waals surface area contributed by atoms with Crippen LogP contribution in [0.2, 0.25) is 0 Å². The number of aliphatic hydroxyl groups is 1. The Kier molecular flexibility index (Phi) is 42.5. The molecule has 3 unspecified atom stereocenters. The van der Waals surface area contributed by atoms with E-state index in [1.54, 1.807) is 6.08 Å². The van der Waals surface area contributed by atoms with Gasteiger partial charge in [0.05, 0.1) is 39.9 Å². The predicted octanol–water partition coefficient (Wildman–Crippen LogP) is 14.2. The van der Waals surface area contributed by atoms with E-state index in [0.29, 0.717) is 17.4 Å². The topological polar surface area (TPSA) is 108 Å². The van der Waals surface area contributed by atoms with Crippen LogP contribution in [0.1, 0.15) is 245 Å². The standard InChI is InChI=1S/C51H101N2O6P/c1-6-8-10-12-14-16-18-19-20-21-22-23-24-25-26-27-28-29-30-31-32-33-34-35-37-39-41-43-45-51(55)52-49(48-59-60(56,57)58-47-46-53(3,4)5)50(54)44-42-40-38-36-17-15-13-11-9-7-2/h17,36,42,44,49-50,54H,6-16,18-35,37-41,43,45-48H2,1-5H3,(H-,52,55,56,57)/b36-17+,44-42+. The largest absolute Gasteiger partial charge is 0.756 e. The van der Waals surface area contributed by atoms with Gasteiger partial charge in [0.1, 0.15) is 13.2 Å². The number of rotatable bonds is 47. The first-order valence-electron chi connectivity index (χ1n) is 25.7. The smallest absolute Gasteiger partial charge is 0.268 e. The van der Waals surface area contributed by atoms with Gasteiger partial charge in [-0.1, -0.05) is 231 Å². The lowest BCUT2D eigenvalue weighted by Crippen LogP contribution is -2.45. The van der Waals surface area contributed by atoms with Crippen LogP contribution in [0.25, 0.3) is 0 Å². The van der Waals surface area contributed by atoms with Gasteiger partial charge < -0.3 is 28.8 Å². The number of amides is 1. The van der Waals surface area contributed by atoms with Gasteiger partial charge in [0.25, 0.3) is 7.82 Å². The molecule has 0 saturated heterocycles. The van der Waals surface area contributed by atoms with E-state index in [1.807, 2.05) is 27.2 Å². The summed E-state index contributed by atoms with van der Waals surface area (Å²) >= 11 is 0. The lowest BCUT2D eigenvalue weighted by atomic mass is 10.0. The van der Waals surface area contributed by atoms with E-state index in [0.717, 1.165) is 38.5 Å². The highest BCUT2D eigenvalue weighted by molar-refractivity contribution is 7.45. The van der Waals surface area contributed by atoms with Crippen LogP contribution in [0, 0.1) is 0 Å². The minimum Gasteiger partial charge on any atom is -0.756 e. The molecule has 0 aromatic rings. The molecule has 356 valence electrons. The van der Waals surface area contributed by atoms with Crippen LogP contribution in [0.5, 0.6) is 0 Å². The van der Waals surface area contributed by atoms with Crippen LogP contribution < -0.4 is 10.2 Å². The number of aliphatic hydroxyl groups excluding tert-OH is 1. The summed E-state index contributed by atoms with van der Waals surface area (Å²) in [5, 5.41) is 13.7. The molecule has 0 aliphatic heterocycles. The number of nitrogens with zero attached hydrogens (tertiary/aromatic N) is 1. The van der Waals surface area contributed by atoms with Gasteiger partial charge in [-0.05, 0) is 32.1 Å². The van der Waals surface area contributed by atoms with Gasteiger partial charge in [-0.15, -0.1) is 0 Å². The quantitative estimate of drug-likeness (QED) is 0.0273. The highest BCUT2D eigenvalue weighted by atomic mass is 31.2. The number of carbonyl (C=O) groups excluding carboxylic acids is 1. The first-order chi connectivity index (χ1) is 29.0.